The third-order valence-corrected chi connectivity index (χ3v) is 6.95. The summed E-state index contributed by atoms with van der Waals surface area (Å²) in [5.74, 6) is -0.860. The van der Waals surface area contributed by atoms with Gasteiger partial charge in [-0.2, -0.15) is 5.10 Å². The molecule has 182 valence electrons. The van der Waals surface area contributed by atoms with Crippen LogP contribution in [-0.2, 0) is 19.6 Å². The predicted octanol–water partition coefficient (Wildman–Crippen LogP) is 4.69. The van der Waals surface area contributed by atoms with Gasteiger partial charge in [0.15, 0.2) is 0 Å². The Balaban J connectivity index is 1.83. The van der Waals surface area contributed by atoms with E-state index in [1.165, 1.54) is 37.3 Å². The Morgan fingerprint density at radius 1 is 0.914 bits per heavy atom. The number of carbonyl (C=O) groups excluding carboxylic acids is 2. The minimum Gasteiger partial charge on any atom is -0.326 e. The first-order chi connectivity index (χ1) is 16.6. The molecule has 2 N–H and O–H groups in total. The fourth-order valence-corrected chi connectivity index (χ4v) is 5.03. The molecule has 0 saturated heterocycles. The lowest BCUT2D eigenvalue weighted by Gasteiger charge is -2.24. The number of hydrogen-bond donors (Lipinski definition) is 2. The summed E-state index contributed by atoms with van der Waals surface area (Å²) >= 11 is 12.2. The molecule has 0 aliphatic heterocycles. The van der Waals surface area contributed by atoms with E-state index in [1.54, 1.807) is 49.4 Å². The van der Waals surface area contributed by atoms with E-state index >= 15 is 0 Å². The molecule has 0 bridgehead atoms. The van der Waals surface area contributed by atoms with Gasteiger partial charge < -0.3 is 5.32 Å². The van der Waals surface area contributed by atoms with Gasteiger partial charge in [0.25, 0.3) is 15.9 Å². The van der Waals surface area contributed by atoms with Crippen molar-refractivity contribution in [1.82, 2.24) is 5.43 Å². The Morgan fingerprint density at radius 2 is 1.51 bits per heavy atom. The third kappa shape index (κ3) is 7.05. The molecular weight excluding hydrogens is 511 g/mol. The third-order valence-electron chi connectivity index (χ3n) is 4.73. The van der Waals surface area contributed by atoms with Crippen molar-refractivity contribution in [3.63, 3.8) is 0 Å². The lowest BCUT2D eigenvalue weighted by atomic mass is 10.1. The maximum atomic E-state index is 13.4. The van der Waals surface area contributed by atoms with Crippen LogP contribution in [0.5, 0.6) is 0 Å². The molecule has 0 saturated carbocycles. The van der Waals surface area contributed by atoms with E-state index in [0.717, 1.165) is 4.31 Å². The molecule has 0 atom stereocenters. The van der Waals surface area contributed by atoms with Crippen LogP contribution in [0.1, 0.15) is 19.4 Å². The molecule has 0 radical (unpaired) electrons. The maximum absolute atomic E-state index is 13.4. The van der Waals surface area contributed by atoms with Crippen molar-refractivity contribution in [2.45, 2.75) is 18.7 Å². The minimum absolute atomic E-state index is 0.00263. The number of hydrogen-bond acceptors (Lipinski definition) is 5. The monoisotopic (exact) mass is 532 g/mol. The molecule has 0 fully saturated rings. The second-order valence-electron chi connectivity index (χ2n) is 7.44. The van der Waals surface area contributed by atoms with Crippen LogP contribution >= 0.6 is 23.2 Å². The van der Waals surface area contributed by atoms with Gasteiger partial charge in [0.1, 0.15) is 6.54 Å². The van der Waals surface area contributed by atoms with Gasteiger partial charge in [-0.3, -0.25) is 13.9 Å². The van der Waals surface area contributed by atoms with Crippen LogP contribution in [0.15, 0.2) is 82.8 Å². The number of hydrazone groups is 1. The lowest BCUT2D eigenvalue weighted by Crippen LogP contribution is -2.39. The SMILES string of the molecule is CC(=O)Nc1ccc(/C(C)=N/NC(=O)CN(c2cc(Cl)cc(Cl)c2)S(=O)(=O)c2ccccc2)cc1. The fourth-order valence-electron chi connectivity index (χ4n) is 3.09. The molecule has 0 heterocycles. The van der Waals surface area contributed by atoms with Crippen molar-refractivity contribution in [2.75, 3.05) is 16.2 Å². The van der Waals surface area contributed by atoms with Gasteiger partial charge in [-0.05, 0) is 55.0 Å². The second-order valence-corrected chi connectivity index (χ2v) is 10.2. The highest BCUT2D eigenvalue weighted by Crippen LogP contribution is 2.29. The molecular formula is C24H22Cl2N4O4S. The molecule has 0 aliphatic carbocycles. The Morgan fingerprint density at radius 3 is 2.09 bits per heavy atom. The summed E-state index contributed by atoms with van der Waals surface area (Å²) in [6.07, 6.45) is 0. The summed E-state index contributed by atoms with van der Waals surface area (Å²) in [6.45, 7) is 2.53. The van der Waals surface area contributed by atoms with Crippen LogP contribution in [0, 0.1) is 0 Å². The molecule has 0 spiro atoms. The Hall–Kier alpha value is -3.40. The number of sulfonamides is 1. The number of nitrogens with one attached hydrogen (secondary N) is 2. The summed E-state index contributed by atoms with van der Waals surface area (Å²) in [6, 6.07) is 18.9. The maximum Gasteiger partial charge on any atom is 0.264 e. The fraction of sp³-hybridized carbons (Fsp3) is 0.125. The van der Waals surface area contributed by atoms with E-state index in [1.807, 2.05) is 0 Å². The van der Waals surface area contributed by atoms with Gasteiger partial charge in [-0.15, -0.1) is 0 Å². The van der Waals surface area contributed by atoms with Crippen LogP contribution < -0.4 is 15.0 Å². The Labute approximate surface area is 213 Å². The van der Waals surface area contributed by atoms with Gasteiger partial charge in [-0.25, -0.2) is 13.8 Å². The van der Waals surface area contributed by atoms with Crippen molar-refractivity contribution in [3.05, 3.63) is 88.4 Å². The number of nitrogens with zero attached hydrogens (tertiary/aromatic N) is 2. The lowest BCUT2D eigenvalue weighted by molar-refractivity contribution is -0.119. The smallest absolute Gasteiger partial charge is 0.264 e. The minimum atomic E-state index is -4.12. The largest absolute Gasteiger partial charge is 0.326 e. The zero-order chi connectivity index (χ0) is 25.6. The van der Waals surface area contributed by atoms with Crippen molar-refractivity contribution >= 4 is 62.1 Å². The van der Waals surface area contributed by atoms with E-state index in [0.29, 0.717) is 17.0 Å². The first kappa shape index (κ1) is 26.2. The van der Waals surface area contributed by atoms with Crippen LogP contribution in [0.4, 0.5) is 11.4 Å². The highest BCUT2D eigenvalue weighted by atomic mass is 35.5. The van der Waals surface area contributed by atoms with E-state index in [2.05, 4.69) is 15.8 Å². The Bertz CT molecular complexity index is 1340. The van der Waals surface area contributed by atoms with Gasteiger partial charge in [0.2, 0.25) is 5.91 Å². The molecule has 8 nitrogen and oxygen atoms in total. The summed E-state index contributed by atoms with van der Waals surface area (Å²) in [5.41, 5.74) is 4.33. The second kappa shape index (κ2) is 11.4. The standard InChI is InChI=1S/C24H22Cl2N4O4S/c1-16(18-8-10-21(11-9-18)27-17(2)31)28-29-24(32)15-30(22-13-19(25)12-20(26)14-22)35(33,34)23-6-4-3-5-7-23/h3-14H,15H2,1-2H3,(H,27,31)(H,29,32)/b28-16+. The van der Waals surface area contributed by atoms with Crippen molar-refractivity contribution < 1.29 is 18.0 Å². The van der Waals surface area contributed by atoms with Crippen LogP contribution in [0.2, 0.25) is 10.0 Å². The molecule has 0 aromatic heterocycles. The highest BCUT2D eigenvalue weighted by molar-refractivity contribution is 7.92. The average Bonchev–Trinajstić information content (AvgIpc) is 2.81. The normalized spacial score (nSPS) is 11.6. The van der Waals surface area contributed by atoms with E-state index < -0.39 is 22.5 Å². The molecule has 0 aliphatic rings. The first-order valence-corrected chi connectivity index (χ1v) is 12.5. The molecule has 3 aromatic rings. The van der Waals surface area contributed by atoms with E-state index in [-0.39, 0.29) is 26.5 Å². The van der Waals surface area contributed by atoms with Gasteiger partial charge in [0, 0.05) is 22.7 Å². The summed E-state index contributed by atoms with van der Waals surface area (Å²) in [7, 11) is -4.12. The first-order valence-electron chi connectivity index (χ1n) is 10.3. The summed E-state index contributed by atoms with van der Waals surface area (Å²) in [5, 5.41) is 7.18. The topological polar surface area (TPSA) is 108 Å². The van der Waals surface area contributed by atoms with Crippen LogP contribution in [0.25, 0.3) is 0 Å². The number of carbonyl (C=O) groups is 2. The number of rotatable bonds is 8. The van der Waals surface area contributed by atoms with Gasteiger partial charge >= 0.3 is 0 Å². The van der Waals surface area contributed by atoms with Crippen LogP contribution in [0.3, 0.4) is 0 Å². The molecule has 11 heteroatoms. The van der Waals surface area contributed by atoms with Crippen molar-refractivity contribution in [1.29, 1.82) is 0 Å². The number of halogens is 2. The molecule has 3 rings (SSSR count). The van der Waals surface area contributed by atoms with E-state index in [4.69, 9.17) is 23.2 Å². The van der Waals surface area contributed by atoms with Gasteiger partial charge in [-0.1, -0.05) is 53.5 Å². The van der Waals surface area contributed by atoms with Crippen molar-refractivity contribution in [2.24, 2.45) is 5.10 Å². The molecule has 0 unspecified atom stereocenters. The molecule has 3 aromatic carbocycles. The number of benzene rings is 3. The number of anilines is 2. The summed E-state index contributed by atoms with van der Waals surface area (Å²) in [4.78, 5) is 23.9. The zero-order valence-electron chi connectivity index (χ0n) is 18.8. The van der Waals surface area contributed by atoms with Crippen molar-refractivity contribution in [3.8, 4) is 0 Å². The average molecular weight is 533 g/mol. The van der Waals surface area contributed by atoms with E-state index in [9.17, 15) is 18.0 Å². The number of amides is 2. The molecule has 35 heavy (non-hydrogen) atoms. The predicted molar refractivity (Wildman–Crippen MR) is 139 cm³/mol. The van der Waals surface area contributed by atoms with Gasteiger partial charge in [0.05, 0.1) is 16.3 Å². The Kier molecular flexibility index (Phi) is 8.50. The zero-order valence-corrected chi connectivity index (χ0v) is 21.2. The molecule has 2 amide bonds. The summed E-state index contributed by atoms with van der Waals surface area (Å²) < 4.78 is 27.6. The highest BCUT2D eigenvalue weighted by Gasteiger charge is 2.27. The van der Waals surface area contributed by atoms with Crippen LogP contribution in [-0.4, -0.2) is 32.5 Å². The quantitative estimate of drug-likeness (QED) is 0.324.